The van der Waals surface area contributed by atoms with Gasteiger partial charge in [-0.15, -0.1) is 11.3 Å². The van der Waals surface area contributed by atoms with Crippen LogP contribution in [0.1, 0.15) is 59.0 Å². The van der Waals surface area contributed by atoms with Crippen LogP contribution in [0.25, 0.3) is 11.1 Å². The molecular weight excluding hydrogens is 368 g/mol. The molecule has 1 amide bonds. The van der Waals surface area contributed by atoms with Crippen molar-refractivity contribution < 1.29 is 4.79 Å². The van der Waals surface area contributed by atoms with Crippen LogP contribution in [0.2, 0.25) is 0 Å². The number of hydrogen-bond acceptors (Lipinski definition) is 5. The minimum Gasteiger partial charge on any atom is -0.330 e. The van der Waals surface area contributed by atoms with E-state index in [2.05, 4.69) is 23.0 Å². The van der Waals surface area contributed by atoms with E-state index in [9.17, 15) is 4.79 Å². The molecule has 28 heavy (non-hydrogen) atoms. The van der Waals surface area contributed by atoms with Gasteiger partial charge in [-0.2, -0.15) is 0 Å². The molecule has 6 heteroatoms. The van der Waals surface area contributed by atoms with Crippen molar-refractivity contribution in [2.45, 2.75) is 45.6 Å². The second-order valence-electron chi connectivity index (χ2n) is 7.16. The summed E-state index contributed by atoms with van der Waals surface area (Å²) in [5, 5.41) is 2.00. The van der Waals surface area contributed by atoms with Crippen molar-refractivity contribution in [3.05, 3.63) is 64.1 Å². The zero-order valence-corrected chi connectivity index (χ0v) is 17.1. The van der Waals surface area contributed by atoms with Gasteiger partial charge in [0.1, 0.15) is 5.82 Å². The fraction of sp³-hybridized carbons (Fsp3) is 0.364. The van der Waals surface area contributed by atoms with Crippen molar-refractivity contribution in [3.63, 3.8) is 0 Å². The highest BCUT2D eigenvalue weighted by Gasteiger charge is 2.33. The lowest BCUT2D eigenvalue weighted by molar-refractivity contribution is 0.0733. The first-order chi connectivity index (χ1) is 13.7. The molecule has 0 spiro atoms. The number of rotatable bonds is 5. The summed E-state index contributed by atoms with van der Waals surface area (Å²) < 4.78 is 0. The lowest BCUT2D eigenvalue weighted by Gasteiger charge is -2.26. The third-order valence-electron chi connectivity index (χ3n) is 5.16. The number of thiophene rings is 1. The minimum atomic E-state index is -0.0214. The summed E-state index contributed by atoms with van der Waals surface area (Å²) in [5.74, 6) is 0.839. The van der Waals surface area contributed by atoms with E-state index in [1.54, 1.807) is 23.7 Å². The highest BCUT2D eigenvalue weighted by molar-refractivity contribution is 7.10. The van der Waals surface area contributed by atoms with Crippen molar-refractivity contribution in [2.75, 3.05) is 6.54 Å². The Kier molecular flexibility index (Phi) is 5.48. The Morgan fingerprint density at radius 3 is 2.93 bits per heavy atom. The molecule has 3 aromatic rings. The van der Waals surface area contributed by atoms with Gasteiger partial charge in [-0.3, -0.25) is 9.78 Å². The topological polar surface area (TPSA) is 59.0 Å². The molecule has 0 radical (unpaired) electrons. The zero-order chi connectivity index (χ0) is 19.5. The van der Waals surface area contributed by atoms with Gasteiger partial charge >= 0.3 is 0 Å². The monoisotopic (exact) mass is 392 g/mol. The summed E-state index contributed by atoms with van der Waals surface area (Å²) in [6, 6.07) is 5.97. The maximum absolute atomic E-state index is 13.3. The van der Waals surface area contributed by atoms with Crippen LogP contribution in [-0.2, 0) is 6.42 Å². The summed E-state index contributed by atoms with van der Waals surface area (Å²) in [7, 11) is 0. The number of aromatic nitrogens is 3. The third-order valence-corrected chi connectivity index (χ3v) is 6.15. The van der Waals surface area contributed by atoms with E-state index in [-0.39, 0.29) is 11.9 Å². The normalized spacial score (nSPS) is 16.5. The summed E-state index contributed by atoms with van der Waals surface area (Å²) in [4.78, 5) is 29.8. The maximum Gasteiger partial charge on any atom is 0.255 e. The summed E-state index contributed by atoms with van der Waals surface area (Å²) in [6.07, 6.45) is 9.45. The Morgan fingerprint density at radius 2 is 2.14 bits per heavy atom. The Bertz CT molecular complexity index is 970. The molecule has 5 nitrogen and oxygen atoms in total. The van der Waals surface area contributed by atoms with Gasteiger partial charge in [0.05, 0.1) is 17.3 Å². The van der Waals surface area contributed by atoms with Crippen LogP contribution >= 0.6 is 11.3 Å². The molecule has 1 aliphatic rings. The predicted octanol–water partition coefficient (Wildman–Crippen LogP) is 4.84. The fourth-order valence-electron chi connectivity index (χ4n) is 3.83. The van der Waals surface area contributed by atoms with E-state index >= 15 is 0 Å². The Labute approximate surface area is 169 Å². The van der Waals surface area contributed by atoms with Gasteiger partial charge in [0.25, 0.3) is 5.91 Å². The lowest BCUT2D eigenvalue weighted by atomic mass is 10.0. The first-order valence-electron chi connectivity index (χ1n) is 9.79. The number of aryl methyl sites for hydroxylation is 2. The van der Waals surface area contributed by atoms with E-state index in [4.69, 9.17) is 4.98 Å². The minimum absolute atomic E-state index is 0.0214. The smallest absolute Gasteiger partial charge is 0.255 e. The molecule has 3 aromatic heterocycles. The molecule has 1 saturated heterocycles. The second-order valence-corrected chi connectivity index (χ2v) is 8.16. The van der Waals surface area contributed by atoms with Crippen molar-refractivity contribution in [2.24, 2.45) is 0 Å². The molecule has 1 atom stereocenters. The van der Waals surface area contributed by atoms with Crippen LogP contribution in [0.4, 0.5) is 0 Å². The summed E-state index contributed by atoms with van der Waals surface area (Å²) in [5.41, 5.74) is 3.75. The summed E-state index contributed by atoms with van der Waals surface area (Å²) in [6.45, 7) is 4.83. The van der Waals surface area contributed by atoms with Crippen LogP contribution in [0.3, 0.4) is 0 Å². The van der Waals surface area contributed by atoms with Crippen molar-refractivity contribution in [3.8, 4) is 11.1 Å². The Balaban J connectivity index is 1.68. The van der Waals surface area contributed by atoms with Gasteiger partial charge in [-0.1, -0.05) is 13.3 Å². The second kappa shape index (κ2) is 8.19. The van der Waals surface area contributed by atoms with E-state index < -0.39 is 0 Å². The molecule has 4 rings (SSSR count). The molecule has 0 N–H and O–H groups in total. The molecule has 0 bridgehead atoms. The maximum atomic E-state index is 13.3. The van der Waals surface area contributed by atoms with Crippen molar-refractivity contribution in [1.82, 2.24) is 19.9 Å². The van der Waals surface area contributed by atoms with Crippen LogP contribution in [0, 0.1) is 6.92 Å². The lowest BCUT2D eigenvalue weighted by Crippen LogP contribution is -2.31. The highest BCUT2D eigenvalue weighted by atomic mass is 32.1. The van der Waals surface area contributed by atoms with Crippen LogP contribution < -0.4 is 0 Å². The Hall–Kier alpha value is -2.60. The molecule has 4 heterocycles. The number of amides is 1. The first-order valence-corrected chi connectivity index (χ1v) is 10.7. The number of carbonyl (C=O) groups is 1. The number of carbonyl (C=O) groups excluding carboxylic acids is 1. The van der Waals surface area contributed by atoms with Gasteiger partial charge in [0, 0.05) is 41.0 Å². The third kappa shape index (κ3) is 3.69. The van der Waals surface area contributed by atoms with Crippen LogP contribution in [-0.4, -0.2) is 32.3 Å². The Morgan fingerprint density at radius 1 is 1.32 bits per heavy atom. The molecule has 1 fully saturated rings. The van der Waals surface area contributed by atoms with Crippen LogP contribution in [0.5, 0.6) is 0 Å². The standard InChI is InChI=1S/C22H24N4OS/c1-3-5-18-12-17(14-28-18)22(27)26-11-4-6-20(26)21-19(13-24-15(2)25-21)16-7-9-23-10-8-16/h7-10,12-14,20H,3-6,11H2,1-2H3. The fourth-order valence-corrected chi connectivity index (χ4v) is 4.79. The number of likely N-dealkylation sites (tertiary alicyclic amines) is 1. The predicted molar refractivity (Wildman–Crippen MR) is 111 cm³/mol. The molecular formula is C22H24N4OS. The van der Waals surface area contributed by atoms with E-state index in [0.29, 0.717) is 0 Å². The molecule has 0 saturated carbocycles. The SMILES string of the molecule is CCCc1cc(C(=O)N2CCCC2c2nc(C)ncc2-c2ccncc2)cs1. The van der Waals surface area contributed by atoms with Gasteiger partial charge < -0.3 is 4.90 Å². The van der Waals surface area contributed by atoms with Crippen LogP contribution in [0.15, 0.2) is 42.2 Å². The molecule has 1 unspecified atom stereocenters. The van der Waals surface area contributed by atoms with Crippen molar-refractivity contribution >= 4 is 17.2 Å². The highest BCUT2D eigenvalue weighted by Crippen LogP contribution is 2.37. The quantitative estimate of drug-likeness (QED) is 0.623. The molecule has 1 aliphatic heterocycles. The van der Waals surface area contributed by atoms with Gasteiger partial charge in [-0.25, -0.2) is 9.97 Å². The van der Waals surface area contributed by atoms with E-state index in [1.807, 2.05) is 35.5 Å². The van der Waals surface area contributed by atoms with E-state index in [0.717, 1.165) is 60.4 Å². The largest absolute Gasteiger partial charge is 0.330 e. The number of pyridine rings is 1. The first kappa shape index (κ1) is 18.7. The molecule has 144 valence electrons. The average molecular weight is 393 g/mol. The van der Waals surface area contributed by atoms with E-state index in [1.165, 1.54) is 4.88 Å². The number of nitrogens with zero attached hydrogens (tertiary/aromatic N) is 4. The van der Waals surface area contributed by atoms with Crippen molar-refractivity contribution in [1.29, 1.82) is 0 Å². The van der Waals surface area contributed by atoms with Gasteiger partial charge in [0.15, 0.2) is 0 Å². The zero-order valence-electron chi connectivity index (χ0n) is 16.3. The molecule has 0 aromatic carbocycles. The van der Waals surface area contributed by atoms with Gasteiger partial charge in [-0.05, 0) is 49.9 Å². The number of hydrogen-bond donors (Lipinski definition) is 0. The molecule has 0 aliphatic carbocycles. The van der Waals surface area contributed by atoms with Gasteiger partial charge in [0.2, 0.25) is 0 Å². The average Bonchev–Trinajstić information content (AvgIpc) is 3.38. The summed E-state index contributed by atoms with van der Waals surface area (Å²) >= 11 is 1.68.